The number of ether oxygens (including phenoxy) is 1. The van der Waals surface area contributed by atoms with Gasteiger partial charge in [0.2, 0.25) is 5.91 Å². The van der Waals surface area contributed by atoms with Crippen molar-refractivity contribution in [2.75, 3.05) is 11.9 Å². The summed E-state index contributed by atoms with van der Waals surface area (Å²) >= 11 is 0. The summed E-state index contributed by atoms with van der Waals surface area (Å²) in [4.78, 5) is 22.8. The fourth-order valence-electron chi connectivity index (χ4n) is 3.97. The summed E-state index contributed by atoms with van der Waals surface area (Å²) in [6.07, 6.45) is 21.2. The zero-order valence-corrected chi connectivity index (χ0v) is 21.1. The lowest BCUT2D eigenvalue weighted by atomic mass is 10.0. The Bertz CT molecular complexity index is 659. The molecule has 33 heavy (non-hydrogen) atoms. The number of carbonyl (C=O) groups excluding carboxylic acids is 2. The molecule has 0 fully saturated rings. The molecule has 0 bridgehead atoms. The van der Waals surface area contributed by atoms with Gasteiger partial charge in [-0.1, -0.05) is 103 Å². The molecule has 0 aliphatic heterocycles. The van der Waals surface area contributed by atoms with E-state index in [9.17, 15) is 14.7 Å². The van der Waals surface area contributed by atoms with E-state index in [2.05, 4.69) is 12.2 Å². The van der Waals surface area contributed by atoms with Crippen LogP contribution in [0.2, 0.25) is 0 Å². The Morgan fingerprint density at radius 1 is 0.788 bits per heavy atom. The average Bonchev–Trinajstić information content (AvgIpc) is 2.77. The Morgan fingerprint density at radius 2 is 1.27 bits per heavy atom. The summed E-state index contributed by atoms with van der Waals surface area (Å²) in [5.74, 6) is -0.0933. The highest BCUT2D eigenvalue weighted by Crippen LogP contribution is 2.28. The van der Waals surface area contributed by atoms with Gasteiger partial charge in [-0.05, 0) is 25.5 Å². The van der Waals surface area contributed by atoms with Crippen LogP contribution < -0.4 is 10.1 Å². The molecule has 188 valence electrons. The lowest BCUT2D eigenvalue weighted by Crippen LogP contribution is -2.14. The van der Waals surface area contributed by atoms with E-state index in [1.165, 1.54) is 103 Å². The maximum atomic E-state index is 11.7. The molecule has 0 unspecified atom stereocenters. The standard InChI is InChI=1S/C28H47NO4/c1-3-4-5-6-7-8-9-10-11-12-13-14-15-16-17-18-21-33-25-19-20-27(31)26(23-25)29-28(32)22-24(2)30/h19-20,23,31H,3-18,21-22H2,1-2H3,(H,29,32). The predicted molar refractivity (Wildman–Crippen MR) is 137 cm³/mol. The lowest BCUT2D eigenvalue weighted by Gasteiger charge is -2.10. The molecule has 0 spiro atoms. The van der Waals surface area contributed by atoms with Crippen molar-refractivity contribution in [1.82, 2.24) is 0 Å². The molecule has 0 atom stereocenters. The summed E-state index contributed by atoms with van der Waals surface area (Å²) < 4.78 is 5.75. The van der Waals surface area contributed by atoms with Crippen molar-refractivity contribution in [3.63, 3.8) is 0 Å². The van der Waals surface area contributed by atoms with E-state index in [0.717, 1.165) is 12.8 Å². The number of anilines is 1. The molecule has 2 N–H and O–H groups in total. The van der Waals surface area contributed by atoms with Crippen LogP contribution in [0.25, 0.3) is 0 Å². The highest BCUT2D eigenvalue weighted by Gasteiger charge is 2.10. The zero-order chi connectivity index (χ0) is 24.2. The van der Waals surface area contributed by atoms with Gasteiger partial charge in [-0.2, -0.15) is 0 Å². The van der Waals surface area contributed by atoms with Crippen LogP contribution in [0.15, 0.2) is 18.2 Å². The van der Waals surface area contributed by atoms with Gasteiger partial charge in [-0.25, -0.2) is 0 Å². The Balaban J connectivity index is 1.98. The smallest absolute Gasteiger partial charge is 0.231 e. The van der Waals surface area contributed by atoms with Crippen molar-refractivity contribution in [2.45, 2.75) is 123 Å². The van der Waals surface area contributed by atoms with Crippen LogP contribution in [-0.4, -0.2) is 23.4 Å². The van der Waals surface area contributed by atoms with Gasteiger partial charge in [-0.15, -0.1) is 0 Å². The molecule has 0 aromatic heterocycles. The minimum atomic E-state index is -0.437. The zero-order valence-electron chi connectivity index (χ0n) is 21.1. The van der Waals surface area contributed by atoms with Gasteiger partial charge in [0.15, 0.2) is 0 Å². The molecule has 1 rings (SSSR count). The molecule has 5 heteroatoms. The van der Waals surface area contributed by atoms with E-state index < -0.39 is 5.91 Å². The summed E-state index contributed by atoms with van der Waals surface area (Å²) in [6.45, 7) is 4.25. The highest BCUT2D eigenvalue weighted by atomic mass is 16.5. The molecule has 0 aliphatic rings. The number of hydrogen-bond donors (Lipinski definition) is 2. The minimum absolute atomic E-state index is 0.0401. The number of hydrogen-bond acceptors (Lipinski definition) is 4. The van der Waals surface area contributed by atoms with Gasteiger partial charge >= 0.3 is 0 Å². The number of Topliss-reactive ketones (excluding diaryl/α,β-unsaturated/α-hetero) is 1. The summed E-state index contributed by atoms with van der Waals surface area (Å²) in [5.41, 5.74) is 0.269. The van der Waals surface area contributed by atoms with E-state index in [-0.39, 0.29) is 23.6 Å². The Labute approximate surface area is 201 Å². The van der Waals surface area contributed by atoms with Crippen molar-refractivity contribution in [1.29, 1.82) is 0 Å². The Morgan fingerprint density at radius 3 is 1.76 bits per heavy atom. The molecule has 1 amide bonds. The number of phenolic OH excluding ortho intramolecular Hbond substituents is 1. The third-order valence-corrected chi connectivity index (χ3v) is 5.92. The van der Waals surface area contributed by atoms with Gasteiger partial charge < -0.3 is 15.2 Å². The van der Waals surface area contributed by atoms with Crippen LogP contribution in [-0.2, 0) is 9.59 Å². The Hall–Kier alpha value is -2.04. The molecule has 5 nitrogen and oxygen atoms in total. The van der Waals surface area contributed by atoms with Crippen molar-refractivity contribution in [3.8, 4) is 11.5 Å². The fourth-order valence-corrected chi connectivity index (χ4v) is 3.97. The second-order valence-electron chi connectivity index (χ2n) is 9.26. The van der Waals surface area contributed by atoms with Crippen LogP contribution in [0.1, 0.15) is 123 Å². The molecular formula is C28H47NO4. The third kappa shape index (κ3) is 16.3. The van der Waals surface area contributed by atoms with Gasteiger partial charge in [-0.3, -0.25) is 9.59 Å². The first kappa shape index (κ1) is 29.0. The van der Waals surface area contributed by atoms with E-state index in [1.807, 2.05) is 0 Å². The topological polar surface area (TPSA) is 75.6 Å². The molecule has 1 aromatic rings. The van der Waals surface area contributed by atoms with Gasteiger partial charge in [0.1, 0.15) is 17.3 Å². The van der Waals surface area contributed by atoms with E-state index >= 15 is 0 Å². The number of rotatable bonds is 21. The quantitative estimate of drug-likeness (QED) is 0.111. The first-order chi connectivity index (χ1) is 16.0. The van der Waals surface area contributed by atoms with Gasteiger partial charge in [0, 0.05) is 6.07 Å². The predicted octanol–water partition coefficient (Wildman–Crippen LogP) is 7.95. The summed E-state index contributed by atoms with van der Waals surface area (Å²) in [7, 11) is 0. The van der Waals surface area contributed by atoms with Crippen molar-refractivity contribution in [3.05, 3.63) is 18.2 Å². The maximum absolute atomic E-state index is 11.7. The van der Waals surface area contributed by atoms with Gasteiger partial charge in [0.05, 0.1) is 18.7 Å². The minimum Gasteiger partial charge on any atom is -0.506 e. The van der Waals surface area contributed by atoms with Crippen LogP contribution in [0.3, 0.4) is 0 Å². The normalized spacial score (nSPS) is 10.8. The highest BCUT2D eigenvalue weighted by molar-refractivity contribution is 6.04. The van der Waals surface area contributed by atoms with E-state index in [0.29, 0.717) is 12.4 Å². The van der Waals surface area contributed by atoms with E-state index in [1.54, 1.807) is 12.1 Å². The van der Waals surface area contributed by atoms with Gasteiger partial charge in [0.25, 0.3) is 0 Å². The van der Waals surface area contributed by atoms with Crippen molar-refractivity contribution in [2.24, 2.45) is 0 Å². The van der Waals surface area contributed by atoms with Crippen molar-refractivity contribution < 1.29 is 19.4 Å². The van der Waals surface area contributed by atoms with Crippen LogP contribution in [0.4, 0.5) is 5.69 Å². The molecule has 0 aliphatic carbocycles. The monoisotopic (exact) mass is 461 g/mol. The van der Waals surface area contributed by atoms with Crippen LogP contribution >= 0.6 is 0 Å². The fraction of sp³-hybridized carbons (Fsp3) is 0.714. The van der Waals surface area contributed by atoms with Crippen molar-refractivity contribution >= 4 is 17.4 Å². The SMILES string of the molecule is CCCCCCCCCCCCCCCCCCOc1ccc(O)c(NC(=O)CC(C)=O)c1. The van der Waals surface area contributed by atoms with E-state index in [4.69, 9.17) is 4.74 Å². The second-order valence-corrected chi connectivity index (χ2v) is 9.26. The average molecular weight is 462 g/mol. The molecule has 0 heterocycles. The number of ketones is 1. The summed E-state index contributed by atoms with van der Waals surface area (Å²) in [5, 5.41) is 12.4. The number of benzene rings is 1. The Kier molecular flexibility index (Phi) is 17.1. The number of unbranched alkanes of at least 4 members (excludes halogenated alkanes) is 15. The number of phenols is 1. The first-order valence-corrected chi connectivity index (χ1v) is 13.3. The second kappa shape index (κ2) is 19.4. The molecule has 0 saturated heterocycles. The maximum Gasteiger partial charge on any atom is 0.231 e. The first-order valence-electron chi connectivity index (χ1n) is 13.3. The number of carbonyl (C=O) groups is 2. The summed E-state index contributed by atoms with van der Waals surface area (Å²) in [6, 6.07) is 4.77. The molecule has 0 saturated carbocycles. The molecule has 0 radical (unpaired) electrons. The molecular weight excluding hydrogens is 414 g/mol. The largest absolute Gasteiger partial charge is 0.506 e. The molecule has 1 aromatic carbocycles. The number of amides is 1. The third-order valence-electron chi connectivity index (χ3n) is 5.92. The number of nitrogens with one attached hydrogen (secondary N) is 1. The van der Waals surface area contributed by atoms with Crippen LogP contribution in [0, 0.1) is 0 Å². The lowest BCUT2D eigenvalue weighted by molar-refractivity contribution is -0.124. The van der Waals surface area contributed by atoms with Crippen LogP contribution in [0.5, 0.6) is 11.5 Å². The number of aromatic hydroxyl groups is 1.